The summed E-state index contributed by atoms with van der Waals surface area (Å²) in [6.45, 7) is 7.67. The molecule has 0 saturated heterocycles. The van der Waals surface area contributed by atoms with Crippen LogP contribution in [0.4, 0.5) is 5.69 Å². The van der Waals surface area contributed by atoms with E-state index < -0.39 is 0 Å². The standard InChI is InChI=1S/C41H24N6/c1-42-33-17-19-38-36(24-33)35-23-32(16-18-37(35)47(38)34-11-6-20-43-25-34)41-45-39(30-14-12-26-7-2-4-9-28(26)21-30)44-40(46-41)31-15-13-27-8-3-5-10-29(27)22-31/h2-25H. The van der Waals surface area contributed by atoms with Crippen molar-refractivity contribution in [1.82, 2.24) is 24.5 Å². The summed E-state index contributed by atoms with van der Waals surface area (Å²) in [5.41, 5.74) is 6.26. The minimum Gasteiger partial charge on any atom is -0.308 e. The molecule has 47 heavy (non-hydrogen) atoms. The number of hydrogen-bond donors (Lipinski definition) is 0. The predicted molar refractivity (Wildman–Crippen MR) is 190 cm³/mol. The third kappa shape index (κ3) is 4.57. The Bertz CT molecular complexity index is 2610. The smallest absolute Gasteiger partial charge is 0.188 e. The van der Waals surface area contributed by atoms with Gasteiger partial charge in [-0.05, 0) is 81.5 Å². The van der Waals surface area contributed by atoms with Gasteiger partial charge in [0.15, 0.2) is 23.2 Å². The van der Waals surface area contributed by atoms with Crippen molar-refractivity contribution in [3.63, 3.8) is 0 Å². The summed E-state index contributed by atoms with van der Waals surface area (Å²) in [7, 11) is 0. The first-order valence-electron chi connectivity index (χ1n) is 15.3. The average Bonchev–Trinajstić information content (AvgIpc) is 3.47. The highest BCUT2D eigenvalue weighted by atomic mass is 15.0. The van der Waals surface area contributed by atoms with Crippen LogP contribution in [0.5, 0.6) is 0 Å². The van der Waals surface area contributed by atoms with Gasteiger partial charge < -0.3 is 4.57 Å². The van der Waals surface area contributed by atoms with E-state index in [9.17, 15) is 0 Å². The van der Waals surface area contributed by atoms with Crippen molar-refractivity contribution in [3.05, 3.63) is 157 Å². The molecule has 3 heterocycles. The molecule has 0 bridgehead atoms. The molecule has 0 radical (unpaired) electrons. The fraction of sp³-hybridized carbons (Fsp3) is 0. The van der Waals surface area contributed by atoms with E-state index >= 15 is 0 Å². The van der Waals surface area contributed by atoms with Gasteiger partial charge in [-0.25, -0.2) is 19.8 Å². The first-order valence-corrected chi connectivity index (χ1v) is 15.3. The molecule has 6 aromatic carbocycles. The minimum absolute atomic E-state index is 0.580. The van der Waals surface area contributed by atoms with E-state index in [0.29, 0.717) is 23.2 Å². The van der Waals surface area contributed by atoms with Crippen LogP contribution in [0.15, 0.2) is 146 Å². The predicted octanol–water partition coefficient (Wildman–Crippen LogP) is 10.2. The second-order valence-corrected chi connectivity index (χ2v) is 11.5. The van der Waals surface area contributed by atoms with Gasteiger partial charge in [-0.2, -0.15) is 0 Å². The number of pyridine rings is 1. The topological polar surface area (TPSA) is 60.9 Å². The van der Waals surface area contributed by atoms with E-state index in [1.165, 1.54) is 0 Å². The van der Waals surface area contributed by atoms with E-state index in [0.717, 1.165) is 65.7 Å². The quantitative estimate of drug-likeness (QED) is 0.189. The maximum Gasteiger partial charge on any atom is 0.188 e. The fourth-order valence-corrected chi connectivity index (χ4v) is 6.40. The summed E-state index contributed by atoms with van der Waals surface area (Å²) >= 11 is 0. The number of hydrogen-bond acceptors (Lipinski definition) is 4. The number of fused-ring (bicyclic) bond motifs is 5. The Hall–Kier alpha value is -6.71. The molecule has 0 aliphatic carbocycles. The zero-order valence-electron chi connectivity index (χ0n) is 25.0. The van der Waals surface area contributed by atoms with Crippen molar-refractivity contribution in [1.29, 1.82) is 0 Å². The normalized spacial score (nSPS) is 11.4. The SMILES string of the molecule is [C-]#[N+]c1ccc2c(c1)c1cc(-c3nc(-c4ccc5ccccc5c4)nc(-c4ccc5ccccc5c4)n3)ccc1n2-c1cccnc1. The molecule has 9 rings (SSSR count). The highest BCUT2D eigenvalue weighted by Gasteiger charge is 2.17. The van der Waals surface area contributed by atoms with Gasteiger partial charge in [0.05, 0.1) is 29.5 Å². The summed E-state index contributed by atoms with van der Waals surface area (Å²) in [5.74, 6) is 1.80. The molecule has 0 unspecified atom stereocenters. The van der Waals surface area contributed by atoms with Crippen molar-refractivity contribution in [3.8, 4) is 39.9 Å². The number of aromatic nitrogens is 5. The molecule has 9 aromatic rings. The van der Waals surface area contributed by atoms with Gasteiger partial charge in [-0.1, -0.05) is 78.9 Å². The molecule has 0 N–H and O–H groups in total. The van der Waals surface area contributed by atoms with Gasteiger partial charge in [-0.15, -0.1) is 0 Å². The average molecular weight is 601 g/mol. The molecule has 6 nitrogen and oxygen atoms in total. The van der Waals surface area contributed by atoms with E-state index in [-0.39, 0.29) is 0 Å². The molecule has 0 atom stereocenters. The van der Waals surface area contributed by atoms with E-state index in [2.05, 4.69) is 93.3 Å². The van der Waals surface area contributed by atoms with Gasteiger partial charge in [-0.3, -0.25) is 4.98 Å². The molecule has 0 spiro atoms. The van der Waals surface area contributed by atoms with Crippen molar-refractivity contribution in [2.45, 2.75) is 0 Å². The molecule has 0 amide bonds. The third-order valence-corrected chi connectivity index (χ3v) is 8.69. The summed E-state index contributed by atoms with van der Waals surface area (Å²) in [4.78, 5) is 23.2. The molecule has 0 saturated carbocycles. The maximum atomic E-state index is 7.67. The fourth-order valence-electron chi connectivity index (χ4n) is 6.40. The molecular formula is C41H24N6. The largest absolute Gasteiger partial charge is 0.308 e. The van der Waals surface area contributed by atoms with Crippen LogP contribution < -0.4 is 0 Å². The molecular weight excluding hydrogens is 576 g/mol. The van der Waals surface area contributed by atoms with Gasteiger partial charge in [0.2, 0.25) is 0 Å². The Morgan fingerprint density at radius 3 is 1.60 bits per heavy atom. The highest BCUT2D eigenvalue weighted by molar-refractivity contribution is 6.11. The maximum absolute atomic E-state index is 7.67. The van der Waals surface area contributed by atoms with E-state index in [1.807, 2.05) is 60.8 Å². The number of benzene rings is 6. The second kappa shape index (κ2) is 10.7. The minimum atomic E-state index is 0.580. The molecule has 0 aliphatic rings. The Balaban J connectivity index is 1.28. The van der Waals surface area contributed by atoms with Crippen molar-refractivity contribution in [2.75, 3.05) is 0 Å². The van der Waals surface area contributed by atoms with Crippen LogP contribution in [0, 0.1) is 6.57 Å². The lowest BCUT2D eigenvalue weighted by Crippen LogP contribution is -2.00. The lowest BCUT2D eigenvalue weighted by atomic mass is 10.1. The van der Waals surface area contributed by atoms with Crippen LogP contribution in [-0.2, 0) is 0 Å². The van der Waals surface area contributed by atoms with Crippen molar-refractivity contribution < 1.29 is 0 Å². The lowest BCUT2D eigenvalue weighted by molar-refractivity contribution is 1.08. The zero-order chi connectivity index (χ0) is 31.3. The monoisotopic (exact) mass is 600 g/mol. The first-order chi connectivity index (χ1) is 23.2. The highest BCUT2D eigenvalue weighted by Crippen LogP contribution is 2.37. The van der Waals surface area contributed by atoms with Gasteiger partial charge in [0.25, 0.3) is 0 Å². The Morgan fingerprint density at radius 2 is 1.02 bits per heavy atom. The third-order valence-electron chi connectivity index (χ3n) is 8.69. The van der Waals surface area contributed by atoms with Gasteiger partial charge in [0.1, 0.15) is 0 Å². The summed E-state index contributed by atoms with van der Waals surface area (Å²) in [5, 5.41) is 6.56. The molecule has 6 heteroatoms. The lowest BCUT2D eigenvalue weighted by Gasteiger charge is -2.10. The van der Waals surface area contributed by atoms with Crippen LogP contribution in [0.25, 0.3) is 88.0 Å². The van der Waals surface area contributed by atoms with Crippen molar-refractivity contribution >= 4 is 49.0 Å². The van der Waals surface area contributed by atoms with Gasteiger partial charge in [0, 0.05) is 28.3 Å². The Labute approximate surface area is 270 Å². The zero-order valence-corrected chi connectivity index (χ0v) is 25.0. The van der Waals surface area contributed by atoms with Crippen LogP contribution >= 0.6 is 0 Å². The Kier molecular flexibility index (Phi) is 6.09. The van der Waals surface area contributed by atoms with E-state index in [4.69, 9.17) is 21.5 Å². The van der Waals surface area contributed by atoms with Gasteiger partial charge >= 0.3 is 0 Å². The summed E-state index contributed by atoms with van der Waals surface area (Å²) in [6.07, 6.45) is 3.63. The molecule has 0 fully saturated rings. The van der Waals surface area contributed by atoms with Crippen LogP contribution in [-0.4, -0.2) is 24.5 Å². The van der Waals surface area contributed by atoms with Crippen molar-refractivity contribution in [2.24, 2.45) is 0 Å². The molecule has 3 aromatic heterocycles. The Morgan fingerprint density at radius 1 is 0.489 bits per heavy atom. The number of rotatable bonds is 4. The molecule has 218 valence electrons. The number of nitrogens with zero attached hydrogens (tertiary/aromatic N) is 6. The van der Waals surface area contributed by atoms with Crippen LogP contribution in [0.1, 0.15) is 0 Å². The van der Waals surface area contributed by atoms with Crippen LogP contribution in [0.3, 0.4) is 0 Å². The van der Waals surface area contributed by atoms with Crippen LogP contribution in [0.2, 0.25) is 0 Å². The second-order valence-electron chi connectivity index (χ2n) is 11.5. The summed E-state index contributed by atoms with van der Waals surface area (Å²) in [6, 6.07) is 45.3. The summed E-state index contributed by atoms with van der Waals surface area (Å²) < 4.78 is 2.18. The molecule has 0 aliphatic heterocycles. The first kappa shape index (κ1) is 26.7. The van der Waals surface area contributed by atoms with E-state index in [1.54, 1.807) is 6.20 Å².